The van der Waals surface area contributed by atoms with Crippen molar-refractivity contribution in [2.24, 2.45) is 5.92 Å². The van der Waals surface area contributed by atoms with Crippen molar-refractivity contribution in [3.8, 4) is 0 Å². The number of carbonyl (C=O) groups excluding carboxylic acids is 2. The maximum absolute atomic E-state index is 12.6. The Balaban J connectivity index is 1.89. The van der Waals surface area contributed by atoms with E-state index < -0.39 is 17.8 Å². The Morgan fingerprint density at radius 3 is 2.00 bits per heavy atom. The van der Waals surface area contributed by atoms with Gasteiger partial charge in [-0.2, -0.15) is 13.2 Å². The second-order valence-corrected chi connectivity index (χ2v) is 6.76. The molecule has 1 saturated heterocycles. The molecule has 1 aromatic carbocycles. The number of hydrogen-bond donors (Lipinski definition) is 1. The molecular weight excluding hydrogens is 347 g/mol. The lowest BCUT2D eigenvalue weighted by atomic mass is 10.1. The van der Waals surface area contributed by atoms with Gasteiger partial charge in [0, 0.05) is 37.8 Å². The fourth-order valence-corrected chi connectivity index (χ4v) is 2.85. The van der Waals surface area contributed by atoms with E-state index in [1.165, 1.54) is 12.1 Å². The zero-order chi connectivity index (χ0) is 19.5. The monoisotopic (exact) mass is 371 g/mol. The zero-order valence-corrected chi connectivity index (χ0v) is 15.1. The molecule has 2 rings (SSSR count). The van der Waals surface area contributed by atoms with E-state index in [0.29, 0.717) is 31.9 Å². The third kappa shape index (κ3) is 4.97. The highest BCUT2D eigenvalue weighted by Crippen LogP contribution is 2.29. The molecule has 1 aromatic rings. The van der Waals surface area contributed by atoms with Crippen molar-refractivity contribution in [3.05, 3.63) is 29.8 Å². The number of anilines is 1. The van der Waals surface area contributed by atoms with Gasteiger partial charge in [0.05, 0.1) is 11.6 Å². The van der Waals surface area contributed by atoms with E-state index in [4.69, 9.17) is 0 Å². The zero-order valence-electron chi connectivity index (χ0n) is 15.1. The molecule has 0 saturated carbocycles. The maximum Gasteiger partial charge on any atom is 0.416 e. The highest BCUT2D eigenvalue weighted by Gasteiger charge is 2.31. The minimum atomic E-state index is -4.40. The summed E-state index contributed by atoms with van der Waals surface area (Å²) in [6.07, 6.45) is -4.40. The lowest BCUT2D eigenvalue weighted by Gasteiger charge is -2.38. The van der Waals surface area contributed by atoms with Gasteiger partial charge in [-0.25, -0.2) is 0 Å². The van der Waals surface area contributed by atoms with Crippen molar-refractivity contribution in [2.75, 3.05) is 31.5 Å². The first-order chi connectivity index (χ1) is 12.1. The van der Waals surface area contributed by atoms with E-state index in [9.17, 15) is 22.8 Å². The van der Waals surface area contributed by atoms with Crippen molar-refractivity contribution in [2.45, 2.75) is 33.0 Å². The Morgan fingerprint density at radius 1 is 1.00 bits per heavy atom. The third-order valence-corrected chi connectivity index (χ3v) is 4.53. The fraction of sp³-hybridized carbons (Fsp3) is 0.556. The number of amides is 2. The molecule has 0 unspecified atom stereocenters. The maximum atomic E-state index is 12.6. The molecule has 0 aliphatic carbocycles. The van der Waals surface area contributed by atoms with Crippen molar-refractivity contribution in [3.63, 3.8) is 0 Å². The number of nitrogens with one attached hydrogen (secondary N) is 1. The molecule has 26 heavy (non-hydrogen) atoms. The first kappa shape index (κ1) is 20.2. The van der Waals surface area contributed by atoms with Crippen molar-refractivity contribution < 1.29 is 22.8 Å². The molecule has 0 aromatic heterocycles. The first-order valence-electron chi connectivity index (χ1n) is 8.60. The number of alkyl halides is 3. The van der Waals surface area contributed by atoms with Gasteiger partial charge in [-0.3, -0.25) is 14.5 Å². The predicted molar refractivity (Wildman–Crippen MR) is 92.5 cm³/mol. The summed E-state index contributed by atoms with van der Waals surface area (Å²) in [5, 5.41) is 2.64. The van der Waals surface area contributed by atoms with Gasteiger partial charge in [-0.05, 0) is 31.2 Å². The number of rotatable bonds is 4. The van der Waals surface area contributed by atoms with Crippen molar-refractivity contribution in [1.82, 2.24) is 9.80 Å². The summed E-state index contributed by atoms with van der Waals surface area (Å²) in [5.41, 5.74) is -0.432. The Morgan fingerprint density at radius 2 is 1.54 bits per heavy atom. The third-order valence-electron chi connectivity index (χ3n) is 4.53. The summed E-state index contributed by atoms with van der Waals surface area (Å²) >= 11 is 0. The molecule has 5 nitrogen and oxygen atoms in total. The molecule has 2 amide bonds. The van der Waals surface area contributed by atoms with Crippen LogP contribution in [0.15, 0.2) is 24.3 Å². The standard InChI is InChI=1S/C18H24F3N3O2/c1-12(2)17(26)24-10-8-23(9-11-24)13(3)16(25)22-15-6-4-14(5-7-15)18(19,20)21/h4-7,12-13H,8-11H2,1-3H3,(H,22,25)/t13-/m0/s1. The molecule has 1 atom stereocenters. The normalized spacial score (nSPS) is 17.3. The van der Waals surface area contributed by atoms with E-state index in [2.05, 4.69) is 5.32 Å². The van der Waals surface area contributed by atoms with Crippen LogP contribution in [0.4, 0.5) is 18.9 Å². The number of nitrogens with zero attached hydrogens (tertiary/aromatic N) is 2. The van der Waals surface area contributed by atoms with Gasteiger partial charge in [0.15, 0.2) is 0 Å². The predicted octanol–water partition coefficient (Wildman–Crippen LogP) is 2.83. The van der Waals surface area contributed by atoms with E-state index in [1.54, 1.807) is 11.8 Å². The van der Waals surface area contributed by atoms with Crippen LogP contribution in [-0.4, -0.2) is 53.8 Å². The summed E-state index contributed by atoms with van der Waals surface area (Å²) in [6.45, 7) is 7.76. The van der Waals surface area contributed by atoms with E-state index in [1.807, 2.05) is 18.7 Å². The Bertz CT molecular complexity index is 636. The van der Waals surface area contributed by atoms with E-state index in [0.717, 1.165) is 12.1 Å². The topological polar surface area (TPSA) is 52.7 Å². The molecule has 1 N–H and O–H groups in total. The van der Waals surface area contributed by atoms with Crippen molar-refractivity contribution in [1.29, 1.82) is 0 Å². The second kappa shape index (κ2) is 8.07. The molecule has 0 spiro atoms. The highest BCUT2D eigenvalue weighted by atomic mass is 19.4. The fourth-order valence-electron chi connectivity index (χ4n) is 2.85. The van der Waals surface area contributed by atoms with E-state index in [-0.39, 0.29) is 17.7 Å². The second-order valence-electron chi connectivity index (χ2n) is 6.76. The van der Waals surface area contributed by atoms with Gasteiger partial charge in [0.25, 0.3) is 0 Å². The Kier molecular flexibility index (Phi) is 6.28. The molecule has 1 aliphatic rings. The average molecular weight is 371 g/mol. The molecular formula is C18H24F3N3O2. The Labute approximate surface area is 151 Å². The minimum Gasteiger partial charge on any atom is -0.340 e. The molecule has 1 fully saturated rings. The van der Waals surface area contributed by atoms with Gasteiger partial charge in [-0.1, -0.05) is 13.8 Å². The summed E-state index contributed by atoms with van der Waals surface area (Å²) in [6, 6.07) is 3.93. The van der Waals surface area contributed by atoms with E-state index >= 15 is 0 Å². The smallest absolute Gasteiger partial charge is 0.340 e. The van der Waals surface area contributed by atoms with Crippen LogP contribution in [-0.2, 0) is 15.8 Å². The van der Waals surface area contributed by atoms with Crippen LogP contribution in [0.2, 0.25) is 0 Å². The molecule has 0 radical (unpaired) electrons. The van der Waals surface area contributed by atoms with Crippen LogP contribution in [0.3, 0.4) is 0 Å². The van der Waals surface area contributed by atoms with Crippen LogP contribution >= 0.6 is 0 Å². The lowest BCUT2D eigenvalue weighted by molar-refractivity contribution is -0.138. The number of benzene rings is 1. The minimum absolute atomic E-state index is 0.0538. The Hall–Kier alpha value is -2.09. The van der Waals surface area contributed by atoms with Crippen molar-refractivity contribution >= 4 is 17.5 Å². The average Bonchev–Trinajstić information content (AvgIpc) is 2.60. The summed E-state index contributed by atoms with van der Waals surface area (Å²) in [5.74, 6) is -0.234. The molecule has 144 valence electrons. The van der Waals surface area contributed by atoms with Crippen LogP contribution in [0.1, 0.15) is 26.3 Å². The SMILES string of the molecule is CC(C)C(=O)N1CCN([C@@H](C)C(=O)Nc2ccc(C(F)(F)F)cc2)CC1. The lowest BCUT2D eigenvalue weighted by Crippen LogP contribution is -2.54. The number of carbonyl (C=O) groups is 2. The summed E-state index contributed by atoms with van der Waals surface area (Å²) in [7, 11) is 0. The summed E-state index contributed by atoms with van der Waals surface area (Å²) in [4.78, 5) is 28.1. The largest absolute Gasteiger partial charge is 0.416 e. The quantitative estimate of drug-likeness (QED) is 0.886. The number of hydrogen-bond acceptors (Lipinski definition) is 3. The number of piperazine rings is 1. The van der Waals surface area contributed by atoms with Gasteiger partial charge in [-0.15, -0.1) is 0 Å². The van der Waals surface area contributed by atoms with Crippen LogP contribution in [0, 0.1) is 5.92 Å². The molecule has 8 heteroatoms. The molecule has 1 heterocycles. The van der Waals surface area contributed by atoms with Crippen LogP contribution < -0.4 is 5.32 Å². The first-order valence-corrected chi connectivity index (χ1v) is 8.60. The van der Waals surface area contributed by atoms with Gasteiger partial charge >= 0.3 is 6.18 Å². The number of halogens is 3. The van der Waals surface area contributed by atoms with Crippen LogP contribution in [0.5, 0.6) is 0 Å². The highest BCUT2D eigenvalue weighted by molar-refractivity contribution is 5.94. The molecule has 1 aliphatic heterocycles. The van der Waals surface area contributed by atoms with Gasteiger partial charge in [0.2, 0.25) is 11.8 Å². The summed E-state index contributed by atoms with van der Waals surface area (Å²) < 4.78 is 37.7. The van der Waals surface area contributed by atoms with Gasteiger partial charge < -0.3 is 10.2 Å². The van der Waals surface area contributed by atoms with Gasteiger partial charge in [0.1, 0.15) is 0 Å². The molecule has 0 bridgehead atoms. The van der Waals surface area contributed by atoms with Crippen LogP contribution in [0.25, 0.3) is 0 Å².